The van der Waals surface area contributed by atoms with E-state index in [-0.39, 0.29) is 0 Å². The average molecular weight is 220 g/mol. The van der Waals surface area contributed by atoms with Crippen LogP contribution in [-0.4, -0.2) is 5.75 Å². The maximum Gasteiger partial charge on any atom is 0.112 e. The molecule has 2 nitrogen and oxygen atoms in total. The van der Waals surface area contributed by atoms with Crippen LogP contribution in [0.25, 0.3) is 0 Å². The molecule has 0 spiro atoms. The molecule has 0 unspecified atom stereocenters. The SMILES string of the molecule is C=C(/N=N/c1ccc(C)cc1)SCCC. The molecule has 0 radical (unpaired) electrons. The van der Waals surface area contributed by atoms with Crippen molar-refractivity contribution >= 4 is 17.4 Å². The fourth-order valence-corrected chi connectivity index (χ4v) is 1.51. The summed E-state index contributed by atoms with van der Waals surface area (Å²) < 4.78 is 0. The molecule has 0 aliphatic carbocycles. The van der Waals surface area contributed by atoms with E-state index in [0.29, 0.717) is 0 Å². The van der Waals surface area contributed by atoms with Crippen LogP contribution in [0.3, 0.4) is 0 Å². The first-order valence-corrected chi connectivity index (χ1v) is 6.01. The zero-order chi connectivity index (χ0) is 11.1. The van der Waals surface area contributed by atoms with Crippen LogP contribution in [0.5, 0.6) is 0 Å². The van der Waals surface area contributed by atoms with Crippen LogP contribution in [0.15, 0.2) is 46.1 Å². The van der Waals surface area contributed by atoms with E-state index in [9.17, 15) is 0 Å². The van der Waals surface area contributed by atoms with Gasteiger partial charge in [0.25, 0.3) is 0 Å². The van der Waals surface area contributed by atoms with Crippen molar-refractivity contribution in [2.24, 2.45) is 10.2 Å². The highest BCUT2D eigenvalue weighted by molar-refractivity contribution is 8.03. The molecular weight excluding hydrogens is 204 g/mol. The highest BCUT2D eigenvalue weighted by atomic mass is 32.2. The summed E-state index contributed by atoms with van der Waals surface area (Å²) in [5, 5.41) is 8.94. The van der Waals surface area contributed by atoms with Crippen molar-refractivity contribution in [2.75, 3.05) is 5.75 Å². The molecule has 1 aromatic rings. The molecule has 1 aromatic carbocycles. The van der Waals surface area contributed by atoms with E-state index >= 15 is 0 Å². The Hall–Kier alpha value is -1.09. The van der Waals surface area contributed by atoms with Crippen molar-refractivity contribution in [2.45, 2.75) is 20.3 Å². The lowest BCUT2D eigenvalue weighted by atomic mass is 10.2. The summed E-state index contributed by atoms with van der Waals surface area (Å²) in [7, 11) is 0. The van der Waals surface area contributed by atoms with Gasteiger partial charge in [0.1, 0.15) is 5.03 Å². The van der Waals surface area contributed by atoms with E-state index in [0.717, 1.165) is 22.9 Å². The third kappa shape index (κ3) is 4.79. The lowest BCUT2D eigenvalue weighted by molar-refractivity contribution is 1.10. The summed E-state index contributed by atoms with van der Waals surface area (Å²) in [6, 6.07) is 7.96. The van der Waals surface area contributed by atoms with Crippen LogP contribution in [0, 0.1) is 6.92 Å². The number of azo groups is 1. The minimum Gasteiger partial charge on any atom is -0.150 e. The Kier molecular flexibility index (Phi) is 5.12. The van der Waals surface area contributed by atoms with E-state index in [1.807, 2.05) is 24.3 Å². The third-order valence-corrected chi connectivity index (χ3v) is 2.81. The molecule has 0 aliphatic rings. The number of aryl methyl sites for hydroxylation is 1. The Labute approximate surface area is 95.5 Å². The first kappa shape index (κ1) is 12.0. The summed E-state index contributed by atoms with van der Waals surface area (Å²) >= 11 is 1.64. The molecule has 0 heterocycles. The number of benzene rings is 1. The molecule has 0 saturated heterocycles. The number of thioether (sulfide) groups is 1. The van der Waals surface area contributed by atoms with Gasteiger partial charge in [-0.2, -0.15) is 5.11 Å². The smallest absolute Gasteiger partial charge is 0.112 e. The number of hydrogen-bond acceptors (Lipinski definition) is 3. The van der Waals surface area contributed by atoms with Gasteiger partial charge in [0.15, 0.2) is 0 Å². The van der Waals surface area contributed by atoms with E-state index in [2.05, 4.69) is 30.7 Å². The molecule has 15 heavy (non-hydrogen) atoms. The van der Waals surface area contributed by atoms with Gasteiger partial charge in [-0.25, -0.2) is 0 Å². The van der Waals surface area contributed by atoms with Crippen LogP contribution >= 0.6 is 11.8 Å². The van der Waals surface area contributed by atoms with Gasteiger partial charge in [0.05, 0.1) is 5.69 Å². The maximum atomic E-state index is 4.10. The molecule has 0 amide bonds. The summed E-state index contributed by atoms with van der Waals surface area (Å²) in [6.07, 6.45) is 1.13. The van der Waals surface area contributed by atoms with Gasteiger partial charge in [0, 0.05) is 0 Å². The minimum atomic E-state index is 0.775. The molecule has 0 aromatic heterocycles. The van der Waals surface area contributed by atoms with Gasteiger partial charge in [-0.3, -0.25) is 0 Å². The quantitative estimate of drug-likeness (QED) is 0.660. The van der Waals surface area contributed by atoms with Crippen LogP contribution in [0.4, 0.5) is 5.69 Å². The third-order valence-electron chi connectivity index (χ3n) is 1.78. The summed E-state index contributed by atoms with van der Waals surface area (Å²) in [5.74, 6) is 1.05. The second kappa shape index (κ2) is 6.40. The van der Waals surface area contributed by atoms with Crippen molar-refractivity contribution < 1.29 is 0 Å². The zero-order valence-electron chi connectivity index (χ0n) is 9.23. The molecule has 0 saturated carbocycles. The monoisotopic (exact) mass is 220 g/mol. The largest absolute Gasteiger partial charge is 0.150 e. The number of nitrogens with zero attached hydrogens (tertiary/aromatic N) is 2. The molecular formula is C12H16N2S. The van der Waals surface area contributed by atoms with Crippen molar-refractivity contribution in [3.8, 4) is 0 Å². The summed E-state index contributed by atoms with van der Waals surface area (Å²) in [5.41, 5.74) is 2.10. The Morgan fingerprint density at radius 2 is 2.00 bits per heavy atom. The van der Waals surface area contributed by atoms with E-state index in [1.165, 1.54) is 5.56 Å². The topological polar surface area (TPSA) is 24.7 Å². The molecule has 0 bridgehead atoms. The summed E-state index contributed by atoms with van der Waals surface area (Å²) in [4.78, 5) is 0. The molecule has 80 valence electrons. The van der Waals surface area contributed by atoms with Crippen LogP contribution < -0.4 is 0 Å². The fraction of sp³-hybridized carbons (Fsp3) is 0.333. The number of hydrogen-bond donors (Lipinski definition) is 0. The van der Waals surface area contributed by atoms with E-state index < -0.39 is 0 Å². The van der Waals surface area contributed by atoms with E-state index in [1.54, 1.807) is 11.8 Å². The standard InChI is InChI=1S/C12H16N2S/c1-4-9-15-11(3)13-14-12-7-5-10(2)6-8-12/h5-8H,3-4,9H2,1-2H3/b14-13+. The first-order chi connectivity index (χ1) is 7.22. The predicted molar refractivity (Wildman–Crippen MR) is 67.6 cm³/mol. The molecule has 0 N–H and O–H groups in total. The fourth-order valence-electron chi connectivity index (χ4n) is 0.974. The van der Waals surface area contributed by atoms with Crippen LogP contribution in [0.1, 0.15) is 18.9 Å². The zero-order valence-corrected chi connectivity index (χ0v) is 10.0. The van der Waals surface area contributed by atoms with Crippen molar-refractivity contribution in [3.63, 3.8) is 0 Å². The molecule has 1 rings (SSSR count). The van der Waals surface area contributed by atoms with Gasteiger partial charge in [-0.05, 0) is 31.2 Å². The second-order valence-corrected chi connectivity index (χ2v) is 4.45. The highest BCUT2D eigenvalue weighted by Gasteiger charge is 1.92. The normalized spacial score (nSPS) is 10.8. The Bertz CT molecular complexity index is 341. The molecule has 3 heteroatoms. The first-order valence-electron chi connectivity index (χ1n) is 5.02. The lowest BCUT2D eigenvalue weighted by Crippen LogP contribution is -1.73. The summed E-state index contributed by atoms with van der Waals surface area (Å²) in [6.45, 7) is 8.02. The predicted octanol–water partition coefficient (Wildman–Crippen LogP) is 4.69. The molecule has 0 atom stereocenters. The number of rotatable bonds is 5. The Balaban J connectivity index is 2.50. The van der Waals surface area contributed by atoms with Gasteiger partial charge in [-0.1, -0.05) is 31.2 Å². The van der Waals surface area contributed by atoms with Crippen LogP contribution in [0.2, 0.25) is 0 Å². The average Bonchev–Trinajstić information content (AvgIpc) is 2.25. The molecule has 0 aliphatic heterocycles. The van der Waals surface area contributed by atoms with Crippen molar-refractivity contribution in [1.29, 1.82) is 0 Å². The minimum absolute atomic E-state index is 0.775. The van der Waals surface area contributed by atoms with Crippen LogP contribution in [-0.2, 0) is 0 Å². The van der Waals surface area contributed by atoms with Gasteiger partial charge in [0.2, 0.25) is 0 Å². The maximum absolute atomic E-state index is 4.10. The lowest BCUT2D eigenvalue weighted by Gasteiger charge is -1.96. The highest BCUT2D eigenvalue weighted by Crippen LogP contribution is 2.19. The van der Waals surface area contributed by atoms with Gasteiger partial charge in [-0.15, -0.1) is 16.9 Å². The Morgan fingerprint density at radius 3 is 2.60 bits per heavy atom. The van der Waals surface area contributed by atoms with Crippen molar-refractivity contribution in [3.05, 3.63) is 41.4 Å². The second-order valence-electron chi connectivity index (χ2n) is 3.28. The van der Waals surface area contributed by atoms with Gasteiger partial charge >= 0.3 is 0 Å². The molecule has 0 fully saturated rings. The van der Waals surface area contributed by atoms with E-state index in [4.69, 9.17) is 0 Å². The Morgan fingerprint density at radius 1 is 1.33 bits per heavy atom. The van der Waals surface area contributed by atoms with Crippen molar-refractivity contribution in [1.82, 2.24) is 0 Å². The van der Waals surface area contributed by atoms with Gasteiger partial charge < -0.3 is 0 Å².